The van der Waals surface area contributed by atoms with E-state index in [0.717, 1.165) is 38.9 Å². The highest BCUT2D eigenvalue weighted by molar-refractivity contribution is 5.79. The fourth-order valence-corrected chi connectivity index (χ4v) is 3.76. The number of fused-ring (bicyclic) bond motifs is 1. The van der Waals surface area contributed by atoms with Crippen LogP contribution in [0.1, 0.15) is 30.4 Å². The fraction of sp³-hybridized carbons (Fsp3) is 0.611. The SMILES string of the molecule is CN(CC1CCNCC1)C(=O)C1CCc2ccccc2C1. The van der Waals surface area contributed by atoms with Gasteiger partial charge in [0.05, 0.1) is 0 Å². The summed E-state index contributed by atoms with van der Waals surface area (Å²) in [7, 11) is 1.99. The molecule has 0 aromatic heterocycles. The average molecular weight is 286 g/mol. The standard InChI is InChI=1S/C18H26N2O/c1-20(13-14-8-10-19-11-9-14)18(21)17-7-6-15-4-2-3-5-16(15)12-17/h2-5,14,17,19H,6-13H2,1H3. The van der Waals surface area contributed by atoms with Crippen LogP contribution in [0.5, 0.6) is 0 Å². The van der Waals surface area contributed by atoms with Crippen molar-refractivity contribution in [2.75, 3.05) is 26.7 Å². The van der Waals surface area contributed by atoms with Gasteiger partial charge in [-0.05, 0) is 62.2 Å². The molecule has 114 valence electrons. The van der Waals surface area contributed by atoms with Gasteiger partial charge in [-0.25, -0.2) is 0 Å². The van der Waals surface area contributed by atoms with Crippen molar-refractivity contribution in [3.8, 4) is 0 Å². The van der Waals surface area contributed by atoms with E-state index in [9.17, 15) is 4.79 Å². The zero-order valence-corrected chi connectivity index (χ0v) is 13.0. The van der Waals surface area contributed by atoms with Crippen LogP contribution in [-0.2, 0) is 17.6 Å². The Balaban J connectivity index is 1.58. The molecule has 2 aliphatic rings. The zero-order valence-electron chi connectivity index (χ0n) is 13.0. The van der Waals surface area contributed by atoms with Crippen LogP contribution in [0.25, 0.3) is 0 Å². The molecule has 1 fully saturated rings. The van der Waals surface area contributed by atoms with Gasteiger partial charge < -0.3 is 10.2 Å². The topological polar surface area (TPSA) is 32.3 Å². The lowest BCUT2D eigenvalue weighted by Crippen LogP contribution is -2.41. The van der Waals surface area contributed by atoms with E-state index in [0.29, 0.717) is 11.8 Å². The van der Waals surface area contributed by atoms with Crippen LogP contribution in [0.4, 0.5) is 0 Å². The molecule has 0 radical (unpaired) electrons. The number of hydrogen-bond acceptors (Lipinski definition) is 2. The minimum absolute atomic E-state index is 0.187. The van der Waals surface area contributed by atoms with Crippen LogP contribution >= 0.6 is 0 Å². The summed E-state index contributed by atoms with van der Waals surface area (Å²) >= 11 is 0. The number of carbonyl (C=O) groups excluding carboxylic acids is 1. The molecule has 1 atom stereocenters. The number of rotatable bonds is 3. The van der Waals surface area contributed by atoms with Crippen molar-refractivity contribution in [1.29, 1.82) is 0 Å². The molecular formula is C18H26N2O. The third-order valence-electron chi connectivity index (χ3n) is 5.06. The third-order valence-corrected chi connectivity index (χ3v) is 5.06. The predicted molar refractivity (Wildman–Crippen MR) is 85.2 cm³/mol. The Labute approximate surface area is 127 Å². The molecule has 0 bridgehead atoms. The van der Waals surface area contributed by atoms with Gasteiger partial charge >= 0.3 is 0 Å². The lowest BCUT2D eigenvalue weighted by atomic mass is 9.83. The van der Waals surface area contributed by atoms with E-state index in [2.05, 4.69) is 29.6 Å². The number of aryl methyl sites for hydroxylation is 1. The fourth-order valence-electron chi connectivity index (χ4n) is 3.76. The highest BCUT2D eigenvalue weighted by Crippen LogP contribution is 2.27. The lowest BCUT2D eigenvalue weighted by molar-refractivity contribution is -0.135. The summed E-state index contributed by atoms with van der Waals surface area (Å²) in [5.41, 5.74) is 2.81. The summed E-state index contributed by atoms with van der Waals surface area (Å²) in [4.78, 5) is 14.7. The van der Waals surface area contributed by atoms with Gasteiger partial charge in [0.25, 0.3) is 0 Å². The first-order valence-corrected chi connectivity index (χ1v) is 8.26. The van der Waals surface area contributed by atoms with Gasteiger partial charge in [0.1, 0.15) is 0 Å². The van der Waals surface area contributed by atoms with Crippen LogP contribution in [0, 0.1) is 11.8 Å². The number of benzene rings is 1. The maximum absolute atomic E-state index is 12.7. The molecule has 3 rings (SSSR count). The molecule has 1 aromatic carbocycles. The van der Waals surface area contributed by atoms with Crippen molar-refractivity contribution in [2.24, 2.45) is 11.8 Å². The second-order valence-corrected chi connectivity index (χ2v) is 6.62. The van der Waals surface area contributed by atoms with Gasteiger partial charge in [-0.2, -0.15) is 0 Å². The Bertz CT molecular complexity index is 494. The van der Waals surface area contributed by atoms with Crippen molar-refractivity contribution < 1.29 is 4.79 Å². The molecule has 3 heteroatoms. The summed E-state index contributed by atoms with van der Waals surface area (Å²) in [5, 5.41) is 3.39. The highest BCUT2D eigenvalue weighted by Gasteiger charge is 2.28. The van der Waals surface area contributed by atoms with E-state index in [4.69, 9.17) is 0 Å². The lowest BCUT2D eigenvalue weighted by Gasteiger charge is -2.31. The minimum Gasteiger partial charge on any atom is -0.345 e. The Kier molecular flexibility index (Phi) is 4.59. The van der Waals surface area contributed by atoms with Gasteiger partial charge in [0.2, 0.25) is 5.91 Å². The maximum atomic E-state index is 12.7. The normalized spacial score (nSPS) is 22.6. The highest BCUT2D eigenvalue weighted by atomic mass is 16.2. The molecule has 1 unspecified atom stereocenters. The number of carbonyl (C=O) groups is 1. The molecular weight excluding hydrogens is 260 g/mol. The molecule has 0 spiro atoms. The van der Waals surface area contributed by atoms with Crippen LogP contribution in [0.2, 0.25) is 0 Å². The number of nitrogens with one attached hydrogen (secondary N) is 1. The van der Waals surface area contributed by atoms with Crippen molar-refractivity contribution in [1.82, 2.24) is 10.2 Å². The first-order chi connectivity index (χ1) is 10.2. The quantitative estimate of drug-likeness (QED) is 0.924. The Morgan fingerprint density at radius 1 is 1.19 bits per heavy atom. The van der Waals surface area contributed by atoms with E-state index in [1.807, 2.05) is 11.9 Å². The molecule has 1 saturated heterocycles. The molecule has 3 nitrogen and oxygen atoms in total. The van der Waals surface area contributed by atoms with Crippen LogP contribution in [0.3, 0.4) is 0 Å². The Morgan fingerprint density at radius 2 is 1.90 bits per heavy atom. The number of amides is 1. The summed E-state index contributed by atoms with van der Waals surface area (Å²) in [5.74, 6) is 1.21. The molecule has 1 amide bonds. The maximum Gasteiger partial charge on any atom is 0.225 e. The van der Waals surface area contributed by atoms with E-state index in [-0.39, 0.29) is 5.92 Å². The van der Waals surface area contributed by atoms with Gasteiger partial charge in [0, 0.05) is 19.5 Å². The molecule has 1 N–H and O–H groups in total. The van der Waals surface area contributed by atoms with Crippen LogP contribution < -0.4 is 5.32 Å². The van der Waals surface area contributed by atoms with Gasteiger partial charge in [-0.15, -0.1) is 0 Å². The minimum atomic E-state index is 0.187. The molecule has 21 heavy (non-hydrogen) atoms. The van der Waals surface area contributed by atoms with Gasteiger partial charge in [-0.3, -0.25) is 4.79 Å². The van der Waals surface area contributed by atoms with Gasteiger partial charge in [0.15, 0.2) is 0 Å². The summed E-state index contributed by atoms with van der Waals surface area (Å²) in [6, 6.07) is 8.57. The molecule has 1 aliphatic heterocycles. The van der Waals surface area contributed by atoms with Gasteiger partial charge in [-0.1, -0.05) is 24.3 Å². The summed E-state index contributed by atoms with van der Waals surface area (Å²) in [6.45, 7) is 3.13. The van der Waals surface area contributed by atoms with E-state index in [1.54, 1.807) is 0 Å². The molecule has 1 aromatic rings. The van der Waals surface area contributed by atoms with Crippen molar-refractivity contribution in [3.05, 3.63) is 35.4 Å². The Hall–Kier alpha value is -1.35. The smallest absolute Gasteiger partial charge is 0.225 e. The van der Waals surface area contributed by atoms with E-state index < -0.39 is 0 Å². The first-order valence-electron chi connectivity index (χ1n) is 8.26. The number of piperidine rings is 1. The largest absolute Gasteiger partial charge is 0.345 e. The zero-order chi connectivity index (χ0) is 14.7. The molecule has 1 heterocycles. The van der Waals surface area contributed by atoms with Crippen LogP contribution in [0.15, 0.2) is 24.3 Å². The first kappa shape index (κ1) is 14.6. The second kappa shape index (κ2) is 6.61. The number of hydrogen-bond donors (Lipinski definition) is 1. The van der Waals surface area contributed by atoms with Crippen LogP contribution in [-0.4, -0.2) is 37.5 Å². The van der Waals surface area contributed by atoms with Crippen molar-refractivity contribution in [3.63, 3.8) is 0 Å². The number of nitrogens with zero attached hydrogens (tertiary/aromatic N) is 1. The van der Waals surface area contributed by atoms with Crippen molar-refractivity contribution >= 4 is 5.91 Å². The predicted octanol–water partition coefficient (Wildman–Crippen LogP) is 2.25. The third kappa shape index (κ3) is 3.46. The summed E-state index contributed by atoms with van der Waals surface area (Å²) in [6.07, 6.45) is 5.38. The van der Waals surface area contributed by atoms with E-state index >= 15 is 0 Å². The van der Waals surface area contributed by atoms with Crippen molar-refractivity contribution in [2.45, 2.75) is 32.1 Å². The van der Waals surface area contributed by atoms with E-state index in [1.165, 1.54) is 24.0 Å². The monoisotopic (exact) mass is 286 g/mol. The molecule has 1 aliphatic carbocycles. The second-order valence-electron chi connectivity index (χ2n) is 6.62. The summed E-state index contributed by atoms with van der Waals surface area (Å²) < 4.78 is 0. The average Bonchev–Trinajstić information content (AvgIpc) is 2.54. The Morgan fingerprint density at radius 3 is 2.67 bits per heavy atom. The molecule has 0 saturated carbocycles.